The highest BCUT2D eigenvalue weighted by Gasteiger charge is 1.88. The Labute approximate surface area is 102 Å². The lowest BCUT2D eigenvalue weighted by Crippen LogP contribution is -2.48. The molecule has 0 bridgehead atoms. The van der Waals surface area contributed by atoms with Crippen molar-refractivity contribution in [3.63, 3.8) is 0 Å². The highest BCUT2D eigenvalue weighted by molar-refractivity contribution is 5.76. The standard InChI is InChI=1S/CH8N6.3HNO3/c2-1(6-3)7(4)5;3*2-1(3)4/h3-5H2,(H2,2,6);3*(H,2,3,4). The monoisotopic (exact) mass is 293 g/mol. The van der Waals surface area contributed by atoms with Crippen LogP contribution in [0.15, 0.2) is 5.10 Å². The van der Waals surface area contributed by atoms with E-state index in [-0.39, 0.29) is 5.96 Å². The number of guanidine groups is 1. The molecule has 18 nitrogen and oxygen atoms in total. The molecule has 0 rings (SSSR count). The summed E-state index contributed by atoms with van der Waals surface area (Å²) in [7, 11) is 0. The van der Waals surface area contributed by atoms with Gasteiger partial charge in [-0.15, -0.1) is 35.4 Å². The van der Waals surface area contributed by atoms with Crippen LogP contribution in [0.3, 0.4) is 0 Å². The second-order valence-corrected chi connectivity index (χ2v) is 1.61. The van der Waals surface area contributed by atoms with Gasteiger partial charge < -0.3 is 27.2 Å². The molecule has 0 amide bonds. The molecule has 0 fully saturated rings. The molecule has 0 aliphatic heterocycles. The molecule has 0 aromatic heterocycles. The Bertz CT molecular complexity index is 245. The van der Waals surface area contributed by atoms with Gasteiger partial charge in [0.25, 0.3) is 15.3 Å². The third kappa shape index (κ3) is 345. The number of nitrogens with zero attached hydrogens (tertiary/aromatic N) is 5. The fourth-order valence-corrected chi connectivity index (χ4v) is 0.0667. The van der Waals surface area contributed by atoms with Crippen molar-refractivity contribution in [2.45, 2.75) is 0 Å². The molecule has 18 heteroatoms. The topological polar surface area (TPSA) is 310 Å². The van der Waals surface area contributed by atoms with Gasteiger partial charge in [0, 0.05) is 0 Å². The van der Waals surface area contributed by atoms with Crippen molar-refractivity contribution in [1.82, 2.24) is 5.12 Å². The van der Waals surface area contributed by atoms with Gasteiger partial charge in [0.1, 0.15) is 0 Å². The lowest BCUT2D eigenvalue weighted by molar-refractivity contribution is -0.742. The van der Waals surface area contributed by atoms with Crippen molar-refractivity contribution in [2.75, 3.05) is 0 Å². The van der Waals surface area contributed by atoms with E-state index >= 15 is 0 Å². The van der Waals surface area contributed by atoms with E-state index in [4.69, 9.17) is 63.4 Å². The molecular weight excluding hydrogens is 282 g/mol. The maximum Gasteiger partial charge on any atom is 0.291 e. The second-order valence-electron chi connectivity index (χ2n) is 1.61. The van der Waals surface area contributed by atoms with Gasteiger partial charge in [-0.2, -0.15) is 0 Å². The quantitative estimate of drug-likeness (QED) is 0.0739. The first-order valence-electron chi connectivity index (χ1n) is 3.21. The fourth-order valence-electron chi connectivity index (χ4n) is 0.0667. The summed E-state index contributed by atoms with van der Waals surface area (Å²) in [6.07, 6.45) is 0. The van der Waals surface area contributed by atoms with Crippen LogP contribution in [-0.4, -0.2) is 42.0 Å². The van der Waals surface area contributed by atoms with Crippen LogP contribution in [0, 0.1) is 30.3 Å². The Hall–Kier alpha value is -3.41. The predicted octanol–water partition coefficient (Wildman–Crippen LogP) is -3.82. The first-order chi connectivity index (χ1) is 8.38. The van der Waals surface area contributed by atoms with Crippen LogP contribution < -0.4 is 23.3 Å². The summed E-state index contributed by atoms with van der Waals surface area (Å²) in [5.41, 5.74) is 4.92. The molecule has 0 aromatic carbocycles. The van der Waals surface area contributed by atoms with Gasteiger partial charge in [0.2, 0.25) is 5.96 Å². The molecule has 11 N–H and O–H groups in total. The summed E-state index contributed by atoms with van der Waals surface area (Å²) in [5.74, 6) is 14.2. The Morgan fingerprint density at radius 3 is 1.11 bits per heavy atom. The minimum Gasteiger partial charge on any atom is -0.366 e. The largest absolute Gasteiger partial charge is 0.366 e. The zero-order valence-corrected chi connectivity index (χ0v) is 8.84. The third-order valence-electron chi connectivity index (χ3n) is 0.397. The maximum atomic E-state index is 8.36. The Kier molecular flexibility index (Phi) is 22.1. The highest BCUT2D eigenvalue weighted by Crippen LogP contribution is 1.55. The van der Waals surface area contributed by atoms with Gasteiger partial charge in [-0.1, -0.05) is 0 Å². The smallest absolute Gasteiger partial charge is 0.291 e. The summed E-state index contributed by atoms with van der Waals surface area (Å²) < 4.78 is 0. The van der Waals surface area contributed by atoms with Crippen molar-refractivity contribution in [3.8, 4) is 0 Å². The van der Waals surface area contributed by atoms with Gasteiger partial charge in [-0.05, 0) is 0 Å². The maximum absolute atomic E-state index is 8.36. The number of rotatable bonds is 0. The van der Waals surface area contributed by atoms with Crippen LogP contribution in [-0.2, 0) is 0 Å². The molecule has 0 saturated carbocycles. The van der Waals surface area contributed by atoms with Crippen molar-refractivity contribution < 1.29 is 30.9 Å². The summed E-state index contributed by atoms with van der Waals surface area (Å²) in [6.45, 7) is 0. The van der Waals surface area contributed by atoms with Crippen molar-refractivity contribution in [2.24, 2.45) is 28.4 Å². The average Bonchev–Trinajstić information content (AvgIpc) is 2.13. The Morgan fingerprint density at radius 2 is 1.11 bits per heavy atom. The van der Waals surface area contributed by atoms with E-state index in [0.717, 1.165) is 0 Å². The zero-order chi connectivity index (χ0) is 16.6. The Balaban J connectivity index is -0.0000000825. The molecule has 0 aliphatic carbocycles. The van der Waals surface area contributed by atoms with Gasteiger partial charge >= 0.3 is 0 Å². The highest BCUT2D eigenvalue weighted by atomic mass is 16.9. The van der Waals surface area contributed by atoms with E-state index in [2.05, 4.69) is 10.9 Å². The molecule has 0 unspecified atom stereocenters. The second kappa shape index (κ2) is 17.0. The normalized spacial score (nSPS) is 8.00. The van der Waals surface area contributed by atoms with Gasteiger partial charge in [0.05, 0.1) is 0 Å². The molecule has 0 heterocycles. The van der Waals surface area contributed by atoms with E-state index in [1.807, 2.05) is 0 Å². The molecule has 0 atom stereocenters. The molecule has 19 heavy (non-hydrogen) atoms. The molecule has 0 radical (unpaired) electrons. The Morgan fingerprint density at radius 1 is 0.947 bits per heavy atom. The van der Waals surface area contributed by atoms with Gasteiger partial charge in [-0.3, -0.25) is 0 Å². The minimum absolute atomic E-state index is 0.111. The summed E-state index contributed by atoms with van der Waals surface area (Å²) in [5, 5.41) is 44.5. The lowest BCUT2D eigenvalue weighted by atomic mass is 11.0. The van der Waals surface area contributed by atoms with Crippen LogP contribution in [0.25, 0.3) is 0 Å². The SMILES string of the molecule is NN=C(N)N(N)N.O=[N+]([O-])O.O=[N+]([O-])O.O=[N+]([O-])O. The van der Waals surface area contributed by atoms with Crippen LogP contribution >= 0.6 is 0 Å². The molecule has 0 saturated heterocycles. The molecule has 0 spiro atoms. The van der Waals surface area contributed by atoms with E-state index in [9.17, 15) is 0 Å². The van der Waals surface area contributed by atoms with Crippen molar-refractivity contribution in [1.29, 1.82) is 0 Å². The van der Waals surface area contributed by atoms with Crippen LogP contribution in [0.4, 0.5) is 0 Å². The van der Waals surface area contributed by atoms with Crippen LogP contribution in [0.5, 0.6) is 0 Å². The number of nitrogens with two attached hydrogens (primary N) is 4. The molecule has 114 valence electrons. The van der Waals surface area contributed by atoms with Gasteiger partial charge in [-0.25, -0.2) is 16.8 Å². The lowest BCUT2D eigenvalue weighted by Gasteiger charge is -2.06. The van der Waals surface area contributed by atoms with E-state index in [0.29, 0.717) is 5.12 Å². The average molecular weight is 293 g/mol. The number of hydrogen-bond acceptors (Lipinski definition) is 10. The summed E-state index contributed by atoms with van der Waals surface area (Å²) in [4.78, 5) is 25.1. The van der Waals surface area contributed by atoms with E-state index < -0.39 is 15.3 Å². The van der Waals surface area contributed by atoms with Crippen molar-refractivity contribution in [3.05, 3.63) is 30.3 Å². The number of hydrazine groups is 2. The van der Waals surface area contributed by atoms with Crippen LogP contribution in [0.2, 0.25) is 0 Å². The van der Waals surface area contributed by atoms with Gasteiger partial charge in [0.15, 0.2) is 0 Å². The number of hydrazone groups is 1. The fraction of sp³-hybridized carbons (Fsp3) is 0. The summed E-state index contributed by atoms with van der Waals surface area (Å²) in [6, 6.07) is 0. The summed E-state index contributed by atoms with van der Waals surface area (Å²) >= 11 is 0. The van der Waals surface area contributed by atoms with E-state index in [1.165, 1.54) is 0 Å². The minimum atomic E-state index is -1.50. The molecule has 0 aromatic rings. The molecule has 0 aliphatic rings. The number of hydrogen-bond donors (Lipinski definition) is 7. The van der Waals surface area contributed by atoms with E-state index in [1.54, 1.807) is 0 Å². The third-order valence-corrected chi connectivity index (χ3v) is 0.397. The van der Waals surface area contributed by atoms with Crippen molar-refractivity contribution >= 4 is 5.96 Å². The first-order valence-corrected chi connectivity index (χ1v) is 3.21. The molecular formula is CH11N9O9. The first kappa shape index (κ1) is 24.7. The zero-order valence-electron chi connectivity index (χ0n) is 8.84. The predicted molar refractivity (Wildman–Crippen MR) is 52.4 cm³/mol. The van der Waals surface area contributed by atoms with Crippen LogP contribution in [0.1, 0.15) is 0 Å².